The highest BCUT2D eigenvalue weighted by molar-refractivity contribution is 6.30. The van der Waals surface area contributed by atoms with Gasteiger partial charge in [0.25, 0.3) is 0 Å². The zero-order valence-corrected chi connectivity index (χ0v) is 7.71. The Morgan fingerprint density at radius 3 is 3.14 bits per heavy atom. The van der Waals surface area contributed by atoms with E-state index in [0.29, 0.717) is 5.02 Å². The van der Waals surface area contributed by atoms with Crippen molar-refractivity contribution in [2.24, 2.45) is 0 Å². The maximum atomic E-state index is 13.2. The molecule has 1 unspecified atom stereocenters. The first kappa shape index (κ1) is 9.21. The molecule has 74 valence electrons. The van der Waals surface area contributed by atoms with Crippen LogP contribution in [0.25, 0.3) is 0 Å². The van der Waals surface area contributed by atoms with Crippen LogP contribution in [0.4, 0.5) is 9.18 Å². The highest BCUT2D eigenvalue weighted by atomic mass is 35.5. The number of nitrogens with one attached hydrogen (secondary N) is 1. The van der Waals surface area contributed by atoms with Crippen LogP contribution in [-0.4, -0.2) is 17.6 Å². The molecule has 4 nitrogen and oxygen atoms in total. The van der Waals surface area contributed by atoms with Crippen molar-refractivity contribution in [2.45, 2.75) is 6.10 Å². The third-order valence-corrected chi connectivity index (χ3v) is 2.07. The predicted molar refractivity (Wildman–Crippen MR) is 46.4 cm³/mol. The third kappa shape index (κ3) is 1.63. The van der Waals surface area contributed by atoms with Gasteiger partial charge in [0.15, 0.2) is 6.10 Å². The summed E-state index contributed by atoms with van der Waals surface area (Å²) >= 11 is 5.64. The SMILES string of the molecule is O=C1NCC(c2cc(Cl)cnc2F)O1. The van der Waals surface area contributed by atoms with Gasteiger partial charge in [-0.1, -0.05) is 11.6 Å². The maximum absolute atomic E-state index is 13.2. The molecule has 2 heterocycles. The molecule has 1 aliphatic heterocycles. The van der Waals surface area contributed by atoms with E-state index in [1.165, 1.54) is 12.3 Å². The predicted octanol–water partition coefficient (Wildman–Crippen LogP) is 1.66. The fourth-order valence-corrected chi connectivity index (χ4v) is 1.39. The van der Waals surface area contributed by atoms with E-state index in [9.17, 15) is 9.18 Å². The molecule has 0 radical (unpaired) electrons. The van der Waals surface area contributed by atoms with Gasteiger partial charge >= 0.3 is 6.09 Å². The molecule has 1 fully saturated rings. The zero-order chi connectivity index (χ0) is 10.1. The monoisotopic (exact) mass is 216 g/mol. The average molecular weight is 217 g/mol. The molecule has 0 aliphatic carbocycles. The van der Waals surface area contributed by atoms with Crippen LogP contribution in [0.5, 0.6) is 0 Å². The lowest BCUT2D eigenvalue weighted by molar-refractivity contribution is 0.139. The Morgan fingerprint density at radius 1 is 1.71 bits per heavy atom. The van der Waals surface area contributed by atoms with E-state index in [4.69, 9.17) is 16.3 Å². The minimum Gasteiger partial charge on any atom is -0.439 e. The summed E-state index contributed by atoms with van der Waals surface area (Å²) in [7, 11) is 0. The van der Waals surface area contributed by atoms with Crippen molar-refractivity contribution < 1.29 is 13.9 Å². The highest BCUT2D eigenvalue weighted by Gasteiger charge is 2.27. The van der Waals surface area contributed by atoms with E-state index in [1.54, 1.807) is 0 Å². The van der Waals surface area contributed by atoms with Gasteiger partial charge < -0.3 is 10.1 Å². The molecular weight excluding hydrogens is 211 g/mol. The molecule has 0 aromatic carbocycles. The summed E-state index contributed by atoms with van der Waals surface area (Å²) in [4.78, 5) is 14.1. The number of pyridine rings is 1. The summed E-state index contributed by atoms with van der Waals surface area (Å²) < 4.78 is 18.0. The molecular formula is C8H6ClFN2O2. The minimum absolute atomic E-state index is 0.191. The second-order valence-electron chi connectivity index (χ2n) is 2.81. The summed E-state index contributed by atoms with van der Waals surface area (Å²) in [6.45, 7) is 0.234. The van der Waals surface area contributed by atoms with E-state index in [0.717, 1.165) is 0 Å². The quantitative estimate of drug-likeness (QED) is 0.727. The lowest BCUT2D eigenvalue weighted by atomic mass is 10.1. The summed E-state index contributed by atoms with van der Waals surface area (Å²) in [6.07, 6.45) is -0.00649. The first-order valence-electron chi connectivity index (χ1n) is 3.92. The number of rotatable bonds is 1. The van der Waals surface area contributed by atoms with Gasteiger partial charge in [-0.3, -0.25) is 0 Å². The van der Waals surface area contributed by atoms with Crippen molar-refractivity contribution in [3.63, 3.8) is 0 Å². The Kier molecular flexibility index (Phi) is 2.25. The second kappa shape index (κ2) is 3.42. The first-order valence-corrected chi connectivity index (χ1v) is 4.30. The smallest absolute Gasteiger partial charge is 0.407 e. The van der Waals surface area contributed by atoms with Crippen LogP contribution >= 0.6 is 11.6 Å². The number of carbonyl (C=O) groups is 1. The fourth-order valence-electron chi connectivity index (χ4n) is 1.23. The van der Waals surface area contributed by atoms with Crippen LogP contribution in [0.1, 0.15) is 11.7 Å². The van der Waals surface area contributed by atoms with Crippen LogP contribution in [0.2, 0.25) is 5.02 Å². The van der Waals surface area contributed by atoms with Crippen LogP contribution in [0.3, 0.4) is 0 Å². The van der Waals surface area contributed by atoms with Gasteiger partial charge in [0.05, 0.1) is 17.1 Å². The van der Waals surface area contributed by atoms with Gasteiger partial charge in [-0.05, 0) is 6.07 Å². The van der Waals surface area contributed by atoms with E-state index < -0.39 is 18.1 Å². The largest absolute Gasteiger partial charge is 0.439 e. The number of carbonyl (C=O) groups excluding carboxylic acids is 1. The van der Waals surface area contributed by atoms with E-state index in [-0.39, 0.29) is 12.1 Å². The van der Waals surface area contributed by atoms with Gasteiger partial charge in [-0.25, -0.2) is 9.78 Å². The molecule has 1 aliphatic rings. The van der Waals surface area contributed by atoms with Gasteiger partial charge in [-0.15, -0.1) is 0 Å². The number of nitrogens with zero attached hydrogens (tertiary/aromatic N) is 1. The molecule has 1 amide bonds. The van der Waals surface area contributed by atoms with Crippen molar-refractivity contribution in [1.82, 2.24) is 10.3 Å². The van der Waals surface area contributed by atoms with Gasteiger partial charge in [0.2, 0.25) is 5.95 Å². The second-order valence-corrected chi connectivity index (χ2v) is 3.24. The Morgan fingerprint density at radius 2 is 2.50 bits per heavy atom. The molecule has 0 saturated carbocycles. The lowest BCUT2D eigenvalue weighted by Gasteiger charge is -2.08. The summed E-state index contributed by atoms with van der Waals surface area (Å²) in [6, 6.07) is 1.40. The van der Waals surface area contributed by atoms with Crippen LogP contribution in [0, 0.1) is 5.95 Å². The van der Waals surface area contributed by atoms with Crippen molar-refractivity contribution in [2.75, 3.05) is 6.54 Å². The molecule has 0 bridgehead atoms. The van der Waals surface area contributed by atoms with E-state index >= 15 is 0 Å². The van der Waals surface area contributed by atoms with Crippen molar-refractivity contribution in [3.8, 4) is 0 Å². The van der Waals surface area contributed by atoms with E-state index in [2.05, 4.69) is 10.3 Å². The molecule has 1 atom stereocenters. The number of amides is 1. The fraction of sp³-hybridized carbons (Fsp3) is 0.250. The number of aromatic nitrogens is 1. The van der Waals surface area contributed by atoms with E-state index in [1.807, 2.05) is 0 Å². The Labute approximate surface area is 84.0 Å². The van der Waals surface area contributed by atoms with Gasteiger partial charge in [0, 0.05) is 6.20 Å². The first-order chi connectivity index (χ1) is 6.66. The molecule has 6 heteroatoms. The normalized spacial score (nSPS) is 20.4. The number of ether oxygens (including phenoxy) is 1. The zero-order valence-electron chi connectivity index (χ0n) is 6.96. The Bertz CT molecular complexity index is 386. The molecule has 1 aromatic rings. The lowest BCUT2D eigenvalue weighted by Crippen LogP contribution is -2.12. The van der Waals surface area contributed by atoms with Crippen LogP contribution in [0.15, 0.2) is 12.3 Å². The van der Waals surface area contributed by atoms with Crippen LogP contribution < -0.4 is 5.32 Å². The number of hydrogen-bond acceptors (Lipinski definition) is 3. The number of alkyl carbamates (subject to hydrolysis) is 1. The third-order valence-electron chi connectivity index (χ3n) is 1.86. The number of cyclic esters (lactones) is 1. The van der Waals surface area contributed by atoms with Crippen molar-refractivity contribution in [1.29, 1.82) is 0 Å². The topological polar surface area (TPSA) is 51.2 Å². The van der Waals surface area contributed by atoms with Crippen LogP contribution in [-0.2, 0) is 4.74 Å². The number of hydrogen-bond donors (Lipinski definition) is 1. The van der Waals surface area contributed by atoms with Gasteiger partial charge in [0.1, 0.15) is 0 Å². The Hall–Kier alpha value is -1.36. The minimum atomic E-state index is -0.670. The molecule has 1 saturated heterocycles. The maximum Gasteiger partial charge on any atom is 0.407 e. The standard InChI is InChI=1S/C8H6ClFN2O2/c9-4-1-5(7(10)11-2-4)6-3-12-8(13)14-6/h1-2,6H,3H2,(H,12,13). The van der Waals surface area contributed by atoms with Crippen molar-refractivity contribution >= 4 is 17.7 Å². The average Bonchev–Trinajstić information content (AvgIpc) is 2.56. The summed E-state index contributed by atoms with van der Waals surface area (Å²) in [5.74, 6) is -0.670. The number of halogens is 2. The molecule has 1 N–H and O–H groups in total. The molecule has 0 spiro atoms. The summed E-state index contributed by atoms with van der Waals surface area (Å²) in [5.41, 5.74) is 0.191. The molecule has 2 rings (SSSR count). The van der Waals surface area contributed by atoms with Gasteiger partial charge in [-0.2, -0.15) is 4.39 Å². The highest BCUT2D eigenvalue weighted by Crippen LogP contribution is 2.24. The molecule has 14 heavy (non-hydrogen) atoms. The molecule has 1 aromatic heterocycles. The van der Waals surface area contributed by atoms with Crippen molar-refractivity contribution in [3.05, 3.63) is 28.8 Å². The Balaban J connectivity index is 2.31. The summed E-state index contributed by atoms with van der Waals surface area (Å²) in [5, 5.41) is 2.73.